The van der Waals surface area contributed by atoms with Crippen LogP contribution in [0.25, 0.3) is 10.9 Å². The summed E-state index contributed by atoms with van der Waals surface area (Å²) in [5.74, 6) is 1.02. The number of aromatic nitrogens is 1. The topological polar surface area (TPSA) is 40.2 Å². The lowest BCUT2D eigenvalue weighted by molar-refractivity contribution is 0.382. The fraction of sp³-hybridized carbons (Fsp3) is 0.500. The van der Waals surface area contributed by atoms with Gasteiger partial charge in [0.15, 0.2) is 0 Å². The van der Waals surface area contributed by atoms with E-state index in [2.05, 4.69) is 36.0 Å². The van der Waals surface area contributed by atoms with Gasteiger partial charge in [-0.15, -0.1) is 0 Å². The van der Waals surface area contributed by atoms with E-state index in [1.807, 2.05) is 0 Å². The quantitative estimate of drug-likeness (QED) is 0.919. The molecule has 1 aliphatic rings. The number of ether oxygens (including phenoxy) is 1. The maximum Gasteiger partial charge on any atom is 0.132 e. The highest BCUT2D eigenvalue weighted by Crippen LogP contribution is 2.46. The maximum atomic E-state index is 6.11. The van der Waals surface area contributed by atoms with Crippen LogP contribution in [0, 0.1) is 0 Å². The van der Waals surface area contributed by atoms with Gasteiger partial charge in [-0.1, -0.05) is 18.9 Å². The Labute approximate surface area is 114 Å². The Kier molecular flexibility index (Phi) is 3.02. The van der Waals surface area contributed by atoms with Crippen LogP contribution in [0.5, 0.6) is 5.75 Å². The standard InChI is InChI=1S/C16H22N2O/c1-18-10-7-12-14(18)6-5-13(15(12)19-2)16(11-17)8-3-4-9-16/h5-7,10H,3-4,8-9,11,17H2,1-2H3. The summed E-state index contributed by atoms with van der Waals surface area (Å²) in [5.41, 5.74) is 8.75. The molecule has 0 spiro atoms. The van der Waals surface area contributed by atoms with Crippen LogP contribution in [0.15, 0.2) is 24.4 Å². The minimum Gasteiger partial charge on any atom is -0.496 e. The number of nitrogens with zero attached hydrogens (tertiary/aromatic N) is 1. The van der Waals surface area contributed by atoms with Gasteiger partial charge in [0.2, 0.25) is 0 Å². The number of nitrogens with two attached hydrogens (primary N) is 1. The molecule has 19 heavy (non-hydrogen) atoms. The van der Waals surface area contributed by atoms with Gasteiger partial charge in [0, 0.05) is 36.2 Å². The van der Waals surface area contributed by atoms with Crippen molar-refractivity contribution in [1.82, 2.24) is 4.57 Å². The predicted octanol–water partition coefficient (Wildman–Crippen LogP) is 2.96. The molecule has 1 fully saturated rings. The predicted molar refractivity (Wildman–Crippen MR) is 78.7 cm³/mol. The van der Waals surface area contributed by atoms with Crippen molar-refractivity contribution >= 4 is 10.9 Å². The smallest absolute Gasteiger partial charge is 0.132 e. The molecule has 1 aromatic heterocycles. The van der Waals surface area contributed by atoms with E-state index < -0.39 is 0 Å². The van der Waals surface area contributed by atoms with Gasteiger partial charge in [0.1, 0.15) is 5.75 Å². The number of fused-ring (bicyclic) bond motifs is 1. The Hall–Kier alpha value is -1.48. The number of aryl methyl sites for hydroxylation is 1. The molecule has 1 saturated carbocycles. The van der Waals surface area contributed by atoms with Crippen LogP contribution in [-0.2, 0) is 12.5 Å². The molecule has 0 radical (unpaired) electrons. The molecule has 0 saturated heterocycles. The van der Waals surface area contributed by atoms with E-state index >= 15 is 0 Å². The average Bonchev–Trinajstić information content (AvgIpc) is 3.06. The van der Waals surface area contributed by atoms with Crippen LogP contribution < -0.4 is 10.5 Å². The lowest BCUT2D eigenvalue weighted by atomic mass is 9.78. The molecule has 3 heteroatoms. The lowest BCUT2D eigenvalue weighted by Gasteiger charge is -2.30. The van der Waals surface area contributed by atoms with Gasteiger partial charge < -0.3 is 15.0 Å². The van der Waals surface area contributed by atoms with E-state index in [1.165, 1.54) is 42.1 Å². The van der Waals surface area contributed by atoms with Gasteiger partial charge in [-0.05, 0) is 25.0 Å². The molecular weight excluding hydrogens is 236 g/mol. The summed E-state index contributed by atoms with van der Waals surface area (Å²) in [6, 6.07) is 6.55. The van der Waals surface area contributed by atoms with Gasteiger partial charge in [0.05, 0.1) is 12.6 Å². The highest BCUT2D eigenvalue weighted by molar-refractivity contribution is 5.88. The fourth-order valence-electron chi connectivity index (χ4n) is 3.60. The molecule has 2 N–H and O–H groups in total. The van der Waals surface area contributed by atoms with Crippen molar-refractivity contribution in [3.05, 3.63) is 30.0 Å². The molecule has 2 aromatic rings. The second kappa shape index (κ2) is 4.57. The molecule has 1 heterocycles. The summed E-state index contributed by atoms with van der Waals surface area (Å²) < 4.78 is 7.87. The maximum absolute atomic E-state index is 6.11. The van der Waals surface area contributed by atoms with Crippen LogP contribution in [0.2, 0.25) is 0 Å². The largest absolute Gasteiger partial charge is 0.496 e. The van der Waals surface area contributed by atoms with Crippen molar-refractivity contribution in [1.29, 1.82) is 0 Å². The number of benzene rings is 1. The van der Waals surface area contributed by atoms with Crippen LogP contribution in [-0.4, -0.2) is 18.2 Å². The lowest BCUT2D eigenvalue weighted by Crippen LogP contribution is -2.32. The van der Waals surface area contributed by atoms with E-state index in [0.29, 0.717) is 6.54 Å². The molecule has 102 valence electrons. The summed E-state index contributed by atoms with van der Waals surface area (Å²) in [5, 5.41) is 1.20. The minimum atomic E-state index is 0.120. The van der Waals surface area contributed by atoms with Crippen LogP contribution in [0.1, 0.15) is 31.2 Å². The number of methoxy groups -OCH3 is 1. The molecular formula is C16H22N2O. The number of hydrogen-bond donors (Lipinski definition) is 1. The summed E-state index contributed by atoms with van der Waals surface area (Å²) in [7, 11) is 3.83. The highest BCUT2D eigenvalue weighted by Gasteiger charge is 2.37. The second-order valence-corrected chi connectivity index (χ2v) is 5.70. The Morgan fingerprint density at radius 1 is 1.26 bits per heavy atom. The van der Waals surface area contributed by atoms with Crippen LogP contribution >= 0.6 is 0 Å². The molecule has 1 aromatic carbocycles. The molecule has 0 bridgehead atoms. The number of hydrogen-bond acceptors (Lipinski definition) is 2. The van der Waals surface area contributed by atoms with Gasteiger partial charge in [0.25, 0.3) is 0 Å². The zero-order chi connectivity index (χ0) is 13.5. The molecule has 0 aliphatic heterocycles. The monoisotopic (exact) mass is 258 g/mol. The van der Waals surface area contributed by atoms with Crippen molar-refractivity contribution in [2.45, 2.75) is 31.1 Å². The normalized spacial score (nSPS) is 18.1. The molecule has 0 amide bonds. The van der Waals surface area contributed by atoms with Gasteiger partial charge >= 0.3 is 0 Å². The summed E-state index contributed by atoms with van der Waals surface area (Å²) in [6.45, 7) is 0.710. The van der Waals surface area contributed by atoms with E-state index in [-0.39, 0.29) is 5.41 Å². The summed E-state index contributed by atoms with van der Waals surface area (Å²) >= 11 is 0. The Bertz CT molecular complexity index is 594. The zero-order valence-corrected chi connectivity index (χ0v) is 11.8. The van der Waals surface area contributed by atoms with E-state index in [4.69, 9.17) is 10.5 Å². The molecule has 0 atom stereocenters. The van der Waals surface area contributed by atoms with Crippen molar-refractivity contribution in [2.24, 2.45) is 12.8 Å². The highest BCUT2D eigenvalue weighted by atomic mass is 16.5. The summed E-state index contributed by atoms with van der Waals surface area (Å²) in [4.78, 5) is 0. The van der Waals surface area contributed by atoms with Gasteiger partial charge in [-0.2, -0.15) is 0 Å². The van der Waals surface area contributed by atoms with Crippen molar-refractivity contribution < 1.29 is 4.74 Å². The SMILES string of the molecule is COc1c(C2(CN)CCCC2)ccc2c1ccn2C. The Morgan fingerprint density at radius 3 is 2.63 bits per heavy atom. The molecule has 3 rings (SSSR count). The van der Waals surface area contributed by atoms with Crippen LogP contribution in [0.4, 0.5) is 0 Å². The van der Waals surface area contributed by atoms with Gasteiger partial charge in [-0.25, -0.2) is 0 Å². The Morgan fingerprint density at radius 2 is 2.00 bits per heavy atom. The molecule has 0 unspecified atom stereocenters. The Balaban J connectivity index is 2.23. The molecule has 3 nitrogen and oxygen atoms in total. The average molecular weight is 258 g/mol. The third kappa shape index (κ3) is 1.76. The third-order valence-corrected chi connectivity index (χ3v) is 4.74. The second-order valence-electron chi connectivity index (χ2n) is 5.70. The third-order valence-electron chi connectivity index (χ3n) is 4.74. The fourth-order valence-corrected chi connectivity index (χ4v) is 3.60. The zero-order valence-electron chi connectivity index (χ0n) is 11.8. The van der Waals surface area contributed by atoms with Crippen LogP contribution in [0.3, 0.4) is 0 Å². The first-order valence-electron chi connectivity index (χ1n) is 7.04. The van der Waals surface area contributed by atoms with Gasteiger partial charge in [-0.3, -0.25) is 0 Å². The van der Waals surface area contributed by atoms with Crippen molar-refractivity contribution in [2.75, 3.05) is 13.7 Å². The first-order chi connectivity index (χ1) is 9.22. The van der Waals surface area contributed by atoms with E-state index in [1.54, 1.807) is 7.11 Å². The number of rotatable bonds is 3. The van der Waals surface area contributed by atoms with Crippen molar-refractivity contribution in [3.63, 3.8) is 0 Å². The first-order valence-corrected chi connectivity index (χ1v) is 7.04. The minimum absolute atomic E-state index is 0.120. The van der Waals surface area contributed by atoms with Crippen molar-refractivity contribution in [3.8, 4) is 5.75 Å². The molecule has 1 aliphatic carbocycles. The van der Waals surface area contributed by atoms with E-state index in [9.17, 15) is 0 Å². The van der Waals surface area contributed by atoms with E-state index in [0.717, 1.165) is 5.75 Å². The summed E-state index contributed by atoms with van der Waals surface area (Å²) in [6.07, 6.45) is 6.98. The first kappa shape index (κ1) is 12.5.